The Hall–Kier alpha value is -2.32. The molecule has 9 heteroatoms. The minimum Gasteiger partial charge on any atom is -0.474 e. The number of sulfonamides is 1. The number of halogens is 1. The van der Waals surface area contributed by atoms with Crippen LogP contribution in [0.25, 0.3) is 0 Å². The number of aromatic nitrogens is 1. The molecule has 1 fully saturated rings. The van der Waals surface area contributed by atoms with Gasteiger partial charge in [-0.15, -0.1) is 0 Å². The number of hydrogen-bond donors (Lipinski definition) is 2. The molecule has 144 valence electrons. The zero-order chi connectivity index (χ0) is 19.4. The van der Waals surface area contributed by atoms with Crippen LogP contribution in [-0.2, 0) is 10.0 Å². The molecule has 0 aliphatic heterocycles. The first kappa shape index (κ1) is 19.4. The van der Waals surface area contributed by atoms with Gasteiger partial charge in [0.15, 0.2) is 0 Å². The van der Waals surface area contributed by atoms with E-state index in [2.05, 4.69) is 15.0 Å². The van der Waals surface area contributed by atoms with Crippen LogP contribution < -0.4 is 14.8 Å². The molecule has 3 rings (SSSR count). The summed E-state index contributed by atoms with van der Waals surface area (Å²) < 4.78 is 33.5. The van der Waals surface area contributed by atoms with Gasteiger partial charge in [-0.1, -0.05) is 11.6 Å². The maximum atomic E-state index is 12.6. The van der Waals surface area contributed by atoms with Crippen LogP contribution in [-0.4, -0.2) is 32.5 Å². The smallest absolute Gasteiger partial charge is 0.263 e. The number of carbonyl (C=O) groups is 1. The van der Waals surface area contributed by atoms with Crippen LogP contribution in [0.3, 0.4) is 0 Å². The number of hydrogen-bond acceptors (Lipinski definition) is 5. The molecule has 1 amide bonds. The molecule has 27 heavy (non-hydrogen) atoms. The Bertz CT molecular complexity index is 926. The lowest BCUT2D eigenvalue weighted by atomic mass is 10.2. The molecular weight excluding hydrogens is 390 g/mol. The van der Waals surface area contributed by atoms with E-state index in [-0.39, 0.29) is 22.3 Å². The van der Waals surface area contributed by atoms with Gasteiger partial charge in [0.25, 0.3) is 15.9 Å². The van der Waals surface area contributed by atoms with Gasteiger partial charge in [-0.25, -0.2) is 13.4 Å². The summed E-state index contributed by atoms with van der Waals surface area (Å²) in [5.41, 5.74) is 0.257. The molecule has 1 aromatic carbocycles. The molecule has 2 N–H and O–H groups in total. The molecule has 0 atom stereocenters. The van der Waals surface area contributed by atoms with Crippen molar-refractivity contribution >= 4 is 33.2 Å². The summed E-state index contributed by atoms with van der Waals surface area (Å²) in [7, 11) is -2.47. The lowest BCUT2D eigenvalue weighted by Crippen LogP contribution is -2.22. The van der Waals surface area contributed by atoms with Gasteiger partial charge >= 0.3 is 0 Å². The topological polar surface area (TPSA) is 97.4 Å². The van der Waals surface area contributed by atoms with Crippen LogP contribution in [0.4, 0.5) is 5.69 Å². The minimum atomic E-state index is -3.93. The van der Waals surface area contributed by atoms with E-state index in [1.165, 1.54) is 43.6 Å². The fourth-order valence-electron chi connectivity index (χ4n) is 2.90. The number of benzene rings is 1. The van der Waals surface area contributed by atoms with Gasteiger partial charge in [0.2, 0.25) is 5.88 Å². The van der Waals surface area contributed by atoms with Gasteiger partial charge in [0.05, 0.1) is 17.4 Å². The summed E-state index contributed by atoms with van der Waals surface area (Å²) in [6, 6.07) is 7.30. The predicted molar refractivity (Wildman–Crippen MR) is 103 cm³/mol. The Labute approximate surface area is 163 Å². The summed E-state index contributed by atoms with van der Waals surface area (Å²) in [4.78, 5) is 16.1. The molecule has 0 bridgehead atoms. The summed E-state index contributed by atoms with van der Waals surface area (Å²) in [5.74, 6) is -0.0490. The van der Waals surface area contributed by atoms with Gasteiger partial charge in [-0.2, -0.15) is 0 Å². The monoisotopic (exact) mass is 409 g/mol. The SMILES string of the molecule is CNC(=O)c1cc(Cl)ccc1NS(=O)(=O)c1ccc(OC2CCCC2)nc1. The van der Waals surface area contributed by atoms with Gasteiger partial charge in [0.1, 0.15) is 11.0 Å². The first-order chi connectivity index (χ1) is 12.9. The van der Waals surface area contributed by atoms with E-state index in [0.717, 1.165) is 25.7 Å². The lowest BCUT2D eigenvalue weighted by Gasteiger charge is -2.14. The van der Waals surface area contributed by atoms with E-state index < -0.39 is 15.9 Å². The molecule has 1 aliphatic carbocycles. The quantitative estimate of drug-likeness (QED) is 0.763. The molecule has 1 aromatic heterocycles. The third kappa shape index (κ3) is 4.70. The Balaban J connectivity index is 1.79. The molecule has 0 unspecified atom stereocenters. The molecule has 2 aromatic rings. The van der Waals surface area contributed by atoms with Gasteiger partial charge < -0.3 is 10.1 Å². The Morgan fingerprint density at radius 1 is 1.22 bits per heavy atom. The van der Waals surface area contributed by atoms with Crippen molar-refractivity contribution in [3.8, 4) is 5.88 Å². The highest BCUT2D eigenvalue weighted by Gasteiger charge is 2.21. The van der Waals surface area contributed by atoms with Crippen molar-refractivity contribution in [2.45, 2.75) is 36.7 Å². The van der Waals surface area contributed by atoms with Crippen molar-refractivity contribution in [3.63, 3.8) is 0 Å². The molecular formula is C18H20ClN3O4S. The number of rotatable bonds is 6. The first-order valence-corrected chi connectivity index (χ1v) is 10.4. The maximum absolute atomic E-state index is 12.6. The zero-order valence-corrected chi connectivity index (χ0v) is 16.3. The number of pyridine rings is 1. The second-order valence-electron chi connectivity index (χ2n) is 6.23. The maximum Gasteiger partial charge on any atom is 0.263 e. The van der Waals surface area contributed by atoms with Crippen LogP contribution in [0.1, 0.15) is 36.0 Å². The molecule has 7 nitrogen and oxygen atoms in total. The normalized spacial score (nSPS) is 14.7. The van der Waals surface area contributed by atoms with E-state index in [1.807, 2.05) is 0 Å². The Morgan fingerprint density at radius 3 is 2.59 bits per heavy atom. The van der Waals surface area contributed by atoms with Crippen LogP contribution in [0, 0.1) is 0 Å². The van der Waals surface area contributed by atoms with E-state index in [9.17, 15) is 13.2 Å². The van der Waals surface area contributed by atoms with Gasteiger partial charge in [-0.3, -0.25) is 9.52 Å². The van der Waals surface area contributed by atoms with Gasteiger partial charge in [0, 0.05) is 18.1 Å². The third-order valence-corrected chi connectivity index (χ3v) is 5.89. The Kier molecular flexibility index (Phi) is 5.86. The summed E-state index contributed by atoms with van der Waals surface area (Å²) in [6.07, 6.45) is 5.63. The highest BCUT2D eigenvalue weighted by Crippen LogP contribution is 2.25. The average Bonchev–Trinajstić information content (AvgIpc) is 3.16. The standard InChI is InChI=1S/C18H20ClN3O4S/c1-20-18(23)15-10-12(19)6-8-16(15)22-27(24,25)14-7-9-17(21-11-14)26-13-4-2-3-5-13/h6-11,13,22H,2-5H2,1H3,(H,20,23). The van der Waals surface area contributed by atoms with E-state index in [1.54, 1.807) is 0 Å². The van der Waals surface area contributed by atoms with Crippen molar-refractivity contribution < 1.29 is 17.9 Å². The molecule has 1 heterocycles. The van der Waals surface area contributed by atoms with Crippen molar-refractivity contribution in [1.29, 1.82) is 0 Å². The number of nitrogens with one attached hydrogen (secondary N) is 2. The van der Waals surface area contributed by atoms with Gasteiger partial charge in [-0.05, 0) is 49.9 Å². The van der Waals surface area contributed by atoms with Crippen LogP contribution >= 0.6 is 11.6 Å². The second kappa shape index (κ2) is 8.14. The largest absolute Gasteiger partial charge is 0.474 e. The zero-order valence-electron chi connectivity index (χ0n) is 14.7. The van der Waals surface area contributed by atoms with Crippen LogP contribution in [0.15, 0.2) is 41.4 Å². The highest BCUT2D eigenvalue weighted by atomic mass is 35.5. The summed E-state index contributed by atoms with van der Waals surface area (Å²) in [6.45, 7) is 0. The number of ether oxygens (including phenoxy) is 1. The first-order valence-electron chi connectivity index (χ1n) is 8.56. The lowest BCUT2D eigenvalue weighted by molar-refractivity contribution is 0.0964. The second-order valence-corrected chi connectivity index (χ2v) is 8.35. The third-order valence-electron chi connectivity index (χ3n) is 4.31. The molecule has 1 saturated carbocycles. The van der Waals surface area contributed by atoms with E-state index in [4.69, 9.17) is 16.3 Å². The van der Waals surface area contributed by atoms with Crippen molar-refractivity contribution in [1.82, 2.24) is 10.3 Å². The molecule has 0 spiro atoms. The minimum absolute atomic E-state index is 0.0286. The summed E-state index contributed by atoms with van der Waals surface area (Å²) in [5, 5.41) is 2.78. The molecule has 1 aliphatic rings. The highest BCUT2D eigenvalue weighted by molar-refractivity contribution is 7.92. The predicted octanol–water partition coefficient (Wildman–Crippen LogP) is 3.22. The van der Waals surface area contributed by atoms with Crippen molar-refractivity contribution in [2.75, 3.05) is 11.8 Å². The molecule has 0 saturated heterocycles. The van der Waals surface area contributed by atoms with Crippen molar-refractivity contribution in [2.24, 2.45) is 0 Å². The Morgan fingerprint density at radius 2 is 1.96 bits per heavy atom. The fraction of sp³-hybridized carbons (Fsp3) is 0.333. The molecule has 0 radical (unpaired) electrons. The summed E-state index contributed by atoms with van der Waals surface area (Å²) >= 11 is 5.91. The fourth-order valence-corrected chi connectivity index (χ4v) is 4.10. The van der Waals surface area contributed by atoms with Crippen molar-refractivity contribution in [3.05, 3.63) is 47.1 Å². The number of nitrogens with zero attached hydrogens (tertiary/aromatic N) is 1. The van der Waals surface area contributed by atoms with E-state index in [0.29, 0.717) is 10.9 Å². The number of carbonyl (C=O) groups excluding carboxylic acids is 1. The average molecular weight is 410 g/mol. The van der Waals surface area contributed by atoms with E-state index >= 15 is 0 Å². The van der Waals surface area contributed by atoms with Crippen LogP contribution in [0.5, 0.6) is 5.88 Å². The number of anilines is 1. The van der Waals surface area contributed by atoms with Crippen LogP contribution in [0.2, 0.25) is 5.02 Å². The number of amides is 1.